The minimum absolute atomic E-state index is 0.0120. The van der Waals surface area contributed by atoms with Crippen molar-refractivity contribution in [1.29, 1.82) is 0 Å². The fourth-order valence-electron chi connectivity index (χ4n) is 5.00. The molecule has 1 aliphatic heterocycles. The second-order valence-corrected chi connectivity index (χ2v) is 14.4. The summed E-state index contributed by atoms with van der Waals surface area (Å²) in [6, 6.07) is 11.4. The van der Waals surface area contributed by atoms with Crippen LogP contribution in [0.2, 0.25) is 5.02 Å². The van der Waals surface area contributed by atoms with E-state index in [1.807, 2.05) is 0 Å². The van der Waals surface area contributed by atoms with Crippen molar-refractivity contribution in [3.8, 4) is 17.1 Å². The number of nitrogens with zero attached hydrogens (tertiary/aromatic N) is 3. The van der Waals surface area contributed by atoms with E-state index in [1.165, 1.54) is 18.2 Å². The topological polar surface area (TPSA) is 102 Å². The van der Waals surface area contributed by atoms with Gasteiger partial charge in [-0.15, -0.1) is 0 Å². The maximum absolute atomic E-state index is 14.9. The number of carbonyl (C=O) groups excluding carboxylic acids is 1. The van der Waals surface area contributed by atoms with Gasteiger partial charge < -0.3 is 14.7 Å². The van der Waals surface area contributed by atoms with Gasteiger partial charge >= 0.3 is 0 Å². The number of amides is 1. The van der Waals surface area contributed by atoms with Crippen LogP contribution in [0.25, 0.3) is 22.6 Å². The predicted molar refractivity (Wildman–Crippen MR) is 161 cm³/mol. The summed E-state index contributed by atoms with van der Waals surface area (Å²) in [5.41, 5.74) is 1.04. The molecular weight excluding hydrogens is 604 g/mol. The summed E-state index contributed by atoms with van der Waals surface area (Å²) < 4.78 is 45.9. The summed E-state index contributed by atoms with van der Waals surface area (Å²) in [4.78, 5) is 19.4. The average Bonchev–Trinajstić information content (AvgIpc) is 3.38. The van der Waals surface area contributed by atoms with Crippen molar-refractivity contribution in [2.24, 2.45) is 0 Å². The number of alkyl halides is 1. The number of ether oxygens (including phenoxy) is 1. The van der Waals surface area contributed by atoms with Crippen LogP contribution >= 0.6 is 23.2 Å². The number of sulfone groups is 1. The molecule has 0 spiro atoms. The Morgan fingerprint density at radius 3 is 2.38 bits per heavy atom. The first-order chi connectivity index (χ1) is 19.7. The summed E-state index contributed by atoms with van der Waals surface area (Å²) in [5, 5.41) is 10.8. The molecular formula is C30H30Cl2FN3O5S. The number of allylic oxidation sites excluding steroid dienone is 3. The Morgan fingerprint density at radius 1 is 1.12 bits per heavy atom. The van der Waals surface area contributed by atoms with E-state index in [1.54, 1.807) is 65.9 Å². The van der Waals surface area contributed by atoms with Gasteiger partial charge in [-0.1, -0.05) is 53.6 Å². The zero-order chi connectivity index (χ0) is 30.4. The number of rotatable bonds is 6. The lowest BCUT2D eigenvalue weighted by Gasteiger charge is -2.35. The van der Waals surface area contributed by atoms with Crippen molar-refractivity contribution in [3.63, 3.8) is 0 Å². The number of imidazole rings is 1. The smallest absolute Gasteiger partial charge is 0.252 e. The summed E-state index contributed by atoms with van der Waals surface area (Å²) in [6.07, 6.45) is 5.73. The molecule has 1 unspecified atom stereocenters. The van der Waals surface area contributed by atoms with Gasteiger partial charge in [-0.2, -0.15) is 0 Å². The molecule has 2 aliphatic rings. The number of morpholine rings is 1. The lowest BCUT2D eigenvalue weighted by Crippen LogP contribution is -2.47. The molecule has 1 atom stereocenters. The highest BCUT2D eigenvalue weighted by molar-refractivity contribution is 7.93. The molecule has 0 bridgehead atoms. The van der Waals surface area contributed by atoms with E-state index in [-0.39, 0.29) is 28.4 Å². The molecule has 5 rings (SSSR count). The minimum Gasteiger partial charge on any atom is -0.384 e. The number of benzene rings is 2. The Bertz CT molecular complexity index is 1680. The molecule has 1 saturated heterocycles. The molecule has 1 amide bonds. The summed E-state index contributed by atoms with van der Waals surface area (Å²) >= 11 is 13.2. The largest absolute Gasteiger partial charge is 0.384 e. The molecule has 8 nitrogen and oxygen atoms in total. The first-order valence-corrected chi connectivity index (χ1v) is 15.9. The van der Waals surface area contributed by atoms with E-state index in [4.69, 9.17) is 27.9 Å². The fraction of sp³-hybridized carbons (Fsp3) is 0.333. The second-order valence-electron chi connectivity index (χ2n) is 10.9. The number of halogens is 3. The lowest BCUT2D eigenvalue weighted by atomic mass is 9.91. The van der Waals surface area contributed by atoms with Gasteiger partial charge in [0.05, 0.1) is 35.1 Å². The lowest BCUT2D eigenvalue weighted by molar-refractivity contribution is -0.131. The van der Waals surface area contributed by atoms with E-state index >= 15 is 0 Å². The van der Waals surface area contributed by atoms with Gasteiger partial charge in [0.1, 0.15) is 17.2 Å². The Balaban J connectivity index is 1.54. The summed E-state index contributed by atoms with van der Waals surface area (Å²) in [5.74, 6) is -0.772. The van der Waals surface area contributed by atoms with Crippen LogP contribution in [0.1, 0.15) is 31.5 Å². The van der Waals surface area contributed by atoms with Crippen LogP contribution in [-0.2, 0) is 25.0 Å². The number of hydrogen-bond acceptors (Lipinski definition) is 6. The zero-order valence-electron chi connectivity index (χ0n) is 23.3. The molecule has 2 aromatic carbocycles. The first-order valence-electron chi connectivity index (χ1n) is 13.2. The van der Waals surface area contributed by atoms with Gasteiger partial charge in [-0.05, 0) is 49.2 Å². The third-order valence-corrected chi connectivity index (χ3v) is 10.5. The molecule has 0 radical (unpaired) electrons. The van der Waals surface area contributed by atoms with Gasteiger partial charge in [0.25, 0.3) is 5.91 Å². The van der Waals surface area contributed by atoms with E-state index in [2.05, 4.69) is 4.98 Å². The van der Waals surface area contributed by atoms with Gasteiger partial charge in [0.15, 0.2) is 14.0 Å². The maximum Gasteiger partial charge on any atom is 0.252 e. The minimum atomic E-state index is -3.91. The van der Waals surface area contributed by atoms with Crippen LogP contribution in [0.15, 0.2) is 66.4 Å². The third-order valence-electron chi connectivity index (χ3n) is 7.42. The van der Waals surface area contributed by atoms with Gasteiger partial charge in [0, 0.05) is 37.7 Å². The van der Waals surface area contributed by atoms with Gasteiger partial charge in [-0.3, -0.25) is 9.36 Å². The van der Waals surface area contributed by atoms with Crippen LogP contribution in [0.3, 0.4) is 0 Å². The molecule has 1 aliphatic carbocycles. The van der Waals surface area contributed by atoms with E-state index in [0.717, 1.165) is 6.26 Å². The van der Waals surface area contributed by atoms with Crippen molar-refractivity contribution in [3.05, 3.63) is 88.5 Å². The van der Waals surface area contributed by atoms with E-state index < -0.39 is 31.4 Å². The molecule has 42 heavy (non-hydrogen) atoms. The van der Waals surface area contributed by atoms with Crippen molar-refractivity contribution in [2.45, 2.75) is 30.1 Å². The highest BCUT2D eigenvalue weighted by Crippen LogP contribution is 2.44. The zero-order valence-corrected chi connectivity index (χ0v) is 25.6. The molecule has 3 aromatic rings. The molecule has 222 valence electrons. The predicted octanol–water partition coefficient (Wildman–Crippen LogP) is 5.11. The highest BCUT2D eigenvalue weighted by Gasteiger charge is 2.48. The van der Waals surface area contributed by atoms with Crippen molar-refractivity contribution < 1.29 is 27.4 Å². The molecule has 1 N–H and O–H groups in total. The van der Waals surface area contributed by atoms with Gasteiger partial charge in [0.2, 0.25) is 0 Å². The van der Waals surface area contributed by atoms with Crippen molar-refractivity contribution in [1.82, 2.24) is 14.5 Å². The standard InChI is InChI=1S/C30H30Cl2FN3O5S/c1-29(2,38)25-18-36(27(34-25)26-23(31)5-4-6-24(26)33)21-10-7-19(8-11-21)20-9-12-22(30(32,17-20)42(3,39)40)28(37)35-13-15-41-16-14-35/h4-12,18,38H,13-17H2,1-3H3. The van der Waals surface area contributed by atoms with Crippen LogP contribution in [-0.4, -0.2) is 70.6 Å². The number of hydrogen-bond donors (Lipinski definition) is 1. The molecule has 1 aromatic heterocycles. The van der Waals surface area contributed by atoms with Crippen LogP contribution in [0, 0.1) is 5.82 Å². The van der Waals surface area contributed by atoms with Crippen molar-refractivity contribution >= 4 is 44.5 Å². The van der Waals surface area contributed by atoms with Gasteiger partial charge in [-0.25, -0.2) is 17.8 Å². The fourth-order valence-corrected chi connectivity index (χ4v) is 6.51. The number of aromatic nitrogens is 2. The molecule has 2 heterocycles. The SMILES string of the molecule is CC(C)(O)c1cn(-c2ccc(C3=CC=C(C(=O)N4CCOCC4)C(Cl)(S(C)(=O)=O)C3)cc2)c(-c2c(F)cccc2Cl)n1. The van der Waals surface area contributed by atoms with E-state index in [9.17, 15) is 22.7 Å². The quantitative estimate of drug-likeness (QED) is 0.379. The third kappa shape index (κ3) is 5.66. The van der Waals surface area contributed by atoms with Crippen molar-refractivity contribution in [2.75, 3.05) is 32.6 Å². The highest BCUT2D eigenvalue weighted by atomic mass is 35.5. The average molecular weight is 635 g/mol. The van der Waals surface area contributed by atoms with Crippen LogP contribution in [0.4, 0.5) is 4.39 Å². The van der Waals surface area contributed by atoms with Crippen LogP contribution in [0.5, 0.6) is 0 Å². The van der Waals surface area contributed by atoms with Crippen LogP contribution < -0.4 is 0 Å². The Morgan fingerprint density at radius 2 is 1.79 bits per heavy atom. The summed E-state index contributed by atoms with van der Waals surface area (Å²) in [6.45, 7) is 4.62. The summed E-state index contributed by atoms with van der Waals surface area (Å²) in [7, 11) is -3.91. The molecule has 12 heteroatoms. The Kier molecular flexibility index (Phi) is 8.15. The first kappa shape index (κ1) is 30.4. The second kappa shape index (κ2) is 11.2. The monoisotopic (exact) mass is 633 g/mol. The number of aliphatic hydroxyl groups is 1. The maximum atomic E-state index is 14.9. The molecule has 0 saturated carbocycles. The molecule has 1 fully saturated rings. The normalized spacial score (nSPS) is 19.8. The number of carbonyl (C=O) groups is 1. The Labute approximate surface area is 253 Å². The Hall–Kier alpha value is -3.02. The van der Waals surface area contributed by atoms with E-state index in [0.29, 0.717) is 48.8 Å².